The fourth-order valence-electron chi connectivity index (χ4n) is 1.37. The lowest BCUT2D eigenvalue weighted by Crippen LogP contribution is -2.54. The number of nitro benzene ring substituents is 1. The number of non-ortho nitro benzene ring substituents is 1. The van der Waals surface area contributed by atoms with Crippen LogP contribution in [0, 0.1) is 10.1 Å². The van der Waals surface area contributed by atoms with Crippen molar-refractivity contribution in [3.63, 3.8) is 0 Å². The van der Waals surface area contributed by atoms with Gasteiger partial charge in [0.2, 0.25) is 0 Å². The first-order valence-corrected chi connectivity index (χ1v) is 6.00. The van der Waals surface area contributed by atoms with Gasteiger partial charge in [-0.3, -0.25) is 10.1 Å². The monoisotopic (exact) mass is 369 g/mol. The van der Waals surface area contributed by atoms with E-state index in [9.17, 15) is 40.8 Å². The van der Waals surface area contributed by atoms with Gasteiger partial charge in [-0.25, -0.2) is 0 Å². The van der Waals surface area contributed by atoms with Gasteiger partial charge in [-0.15, -0.1) is 0 Å². The predicted octanol–water partition coefficient (Wildman–Crippen LogP) is 4.60. The van der Waals surface area contributed by atoms with Crippen LogP contribution in [0.2, 0.25) is 5.02 Å². The van der Waals surface area contributed by atoms with Crippen LogP contribution >= 0.6 is 11.6 Å². The summed E-state index contributed by atoms with van der Waals surface area (Å²) in [6.45, 7) is -3.16. The quantitative estimate of drug-likeness (QED) is 0.418. The number of ether oxygens (including phenoxy) is 1. The Morgan fingerprint density at radius 1 is 1.13 bits per heavy atom. The lowest BCUT2D eigenvalue weighted by atomic mass is 10.1. The second-order valence-electron chi connectivity index (χ2n) is 4.30. The Bertz CT molecular complexity index is 591. The molecule has 0 amide bonds. The summed E-state index contributed by atoms with van der Waals surface area (Å²) in [6, 6.07) is 2.83. The molecular formula is C11H7ClF7NO3. The van der Waals surface area contributed by atoms with Crippen LogP contribution in [0.3, 0.4) is 0 Å². The number of hydrogen-bond acceptors (Lipinski definition) is 3. The van der Waals surface area contributed by atoms with Crippen LogP contribution in [0.25, 0.3) is 0 Å². The van der Waals surface area contributed by atoms with Gasteiger partial charge in [-0.1, -0.05) is 11.6 Å². The van der Waals surface area contributed by atoms with Gasteiger partial charge < -0.3 is 4.74 Å². The summed E-state index contributed by atoms with van der Waals surface area (Å²) in [6.07, 6.45) is -6.46. The molecule has 1 aromatic carbocycles. The smallest absolute Gasteiger partial charge is 0.370 e. The van der Waals surface area contributed by atoms with E-state index in [0.717, 1.165) is 18.2 Å². The molecular weight excluding hydrogens is 363 g/mol. The molecule has 0 aliphatic heterocycles. The first kappa shape index (κ1) is 19.4. The normalized spacial score (nSPS) is 13.2. The second-order valence-corrected chi connectivity index (χ2v) is 4.71. The molecule has 1 aromatic rings. The van der Waals surface area contributed by atoms with Crippen molar-refractivity contribution in [2.75, 3.05) is 6.61 Å². The maximum Gasteiger partial charge on any atom is 0.459 e. The Labute approximate surface area is 128 Å². The molecule has 0 saturated heterocycles. The van der Waals surface area contributed by atoms with Gasteiger partial charge in [-0.05, 0) is 6.07 Å². The third-order valence-corrected chi connectivity index (χ3v) is 2.97. The predicted molar refractivity (Wildman–Crippen MR) is 63.7 cm³/mol. The van der Waals surface area contributed by atoms with Gasteiger partial charge in [0, 0.05) is 22.7 Å². The minimum Gasteiger partial charge on any atom is -0.370 e. The van der Waals surface area contributed by atoms with E-state index in [1.54, 1.807) is 0 Å². The number of alkyl halides is 7. The molecule has 4 nitrogen and oxygen atoms in total. The van der Waals surface area contributed by atoms with E-state index < -0.39 is 41.8 Å². The Balaban J connectivity index is 2.81. The largest absolute Gasteiger partial charge is 0.459 e. The summed E-state index contributed by atoms with van der Waals surface area (Å²) in [5.41, 5.74) is -0.702. The van der Waals surface area contributed by atoms with Gasteiger partial charge in [0.25, 0.3) is 5.69 Å². The number of hydrogen-bond donors (Lipinski definition) is 0. The molecule has 130 valence electrons. The third kappa shape index (κ3) is 4.22. The van der Waals surface area contributed by atoms with Crippen LogP contribution in [0.15, 0.2) is 18.2 Å². The zero-order chi connectivity index (χ0) is 18.1. The zero-order valence-electron chi connectivity index (χ0n) is 10.8. The molecule has 0 saturated carbocycles. The van der Waals surface area contributed by atoms with Crippen LogP contribution in [0.5, 0.6) is 0 Å². The summed E-state index contributed by atoms with van der Waals surface area (Å²) in [5, 5.41) is 10.4. The van der Waals surface area contributed by atoms with E-state index >= 15 is 0 Å². The minimum atomic E-state index is -6.46. The topological polar surface area (TPSA) is 52.4 Å². The highest BCUT2D eigenvalue weighted by atomic mass is 35.5. The summed E-state index contributed by atoms with van der Waals surface area (Å²) in [5.74, 6) is -11.8. The van der Waals surface area contributed by atoms with E-state index in [2.05, 4.69) is 4.74 Å². The molecule has 1 rings (SSSR count). The number of rotatable bonds is 6. The van der Waals surface area contributed by atoms with Crippen molar-refractivity contribution in [3.05, 3.63) is 38.9 Å². The van der Waals surface area contributed by atoms with Gasteiger partial charge in [0.05, 0.1) is 11.5 Å². The molecule has 23 heavy (non-hydrogen) atoms. The molecule has 0 atom stereocenters. The van der Waals surface area contributed by atoms with Crippen LogP contribution in [-0.2, 0) is 11.3 Å². The van der Waals surface area contributed by atoms with Gasteiger partial charge in [0.15, 0.2) is 0 Å². The van der Waals surface area contributed by atoms with Crippen molar-refractivity contribution in [1.29, 1.82) is 0 Å². The van der Waals surface area contributed by atoms with Crippen LogP contribution in [0.4, 0.5) is 36.4 Å². The van der Waals surface area contributed by atoms with Gasteiger partial charge in [-0.2, -0.15) is 30.7 Å². The summed E-state index contributed by atoms with van der Waals surface area (Å²) >= 11 is 5.60. The number of halogens is 8. The SMILES string of the molecule is O=[N+]([O-])c1ccc(Cl)c(COCC(F)(F)C(F)(F)C(F)(F)F)c1. The number of nitrogens with zero attached hydrogens (tertiary/aromatic N) is 1. The summed E-state index contributed by atoms with van der Waals surface area (Å²) in [4.78, 5) is 9.68. The summed E-state index contributed by atoms with van der Waals surface area (Å²) < 4.78 is 91.0. The van der Waals surface area contributed by atoms with Crippen molar-refractivity contribution < 1.29 is 40.4 Å². The Kier molecular flexibility index (Phi) is 5.47. The van der Waals surface area contributed by atoms with Gasteiger partial charge >= 0.3 is 18.0 Å². The average Bonchev–Trinajstić information content (AvgIpc) is 2.38. The highest BCUT2D eigenvalue weighted by Crippen LogP contribution is 2.46. The first-order valence-electron chi connectivity index (χ1n) is 5.62. The van der Waals surface area contributed by atoms with Gasteiger partial charge in [0.1, 0.15) is 6.61 Å². The van der Waals surface area contributed by atoms with E-state index in [-0.39, 0.29) is 10.6 Å². The lowest BCUT2D eigenvalue weighted by molar-refractivity contribution is -0.385. The van der Waals surface area contributed by atoms with Crippen molar-refractivity contribution in [2.24, 2.45) is 0 Å². The van der Waals surface area contributed by atoms with Crippen molar-refractivity contribution in [1.82, 2.24) is 0 Å². The Morgan fingerprint density at radius 2 is 1.70 bits per heavy atom. The first-order chi connectivity index (χ1) is 10.3. The molecule has 0 aliphatic carbocycles. The molecule has 12 heteroatoms. The molecule has 0 aliphatic rings. The molecule has 0 N–H and O–H groups in total. The van der Waals surface area contributed by atoms with E-state index in [1.807, 2.05) is 0 Å². The average molecular weight is 370 g/mol. The van der Waals surface area contributed by atoms with Crippen LogP contribution < -0.4 is 0 Å². The van der Waals surface area contributed by atoms with Crippen molar-refractivity contribution in [2.45, 2.75) is 24.6 Å². The van der Waals surface area contributed by atoms with Crippen molar-refractivity contribution in [3.8, 4) is 0 Å². The van der Waals surface area contributed by atoms with E-state index in [0.29, 0.717) is 0 Å². The zero-order valence-corrected chi connectivity index (χ0v) is 11.6. The minimum absolute atomic E-state index is 0.165. The molecule has 0 bridgehead atoms. The molecule has 0 radical (unpaired) electrons. The maximum absolute atomic E-state index is 13.0. The Morgan fingerprint density at radius 3 is 2.17 bits per heavy atom. The molecule has 0 unspecified atom stereocenters. The molecule has 0 aromatic heterocycles. The fraction of sp³-hybridized carbons (Fsp3) is 0.455. The second kappa shape index (κ2) is 6.48. The highest BCUT2D eigenvalue weighted by Gasteiger charge is 2.72. The third-order valence-electron chi connectivity index (χ3n) is 2.60. The molecule has 0 spiro atoms. The van der Waals surface area contributed by atoms with Crippen LogP contribution in [0.1, 0.15) is 5.56 Å². The van der Waals surface area contributed by atoms with E-state index in [1.165, 1.54) is 0 Å². The van der Waals surface area contributed by atoms with E-state index in [4.69, 9.17) is 11.6 Å². The lowest BCUT2D eigenvalue weighted by Gasteiger charge is -2.27. The van der Waals surface area contributed by atoms with Crippen molar-refractivity contribution >= 4 is 17.3 Å². The van der Waals surface area contributed by atoms with Crippen LogP contribution in [-0.4, -0.2) is 29.6 Å². The summed E-state index contributed by atoms with van der Waals surface area (Å²) in [7, 11) is 0. The highest BCUT2D eigenvalue weighted by molar-refractivity contribution is 6.31. The Hall–Kier alpha value is -1.62. The molecule has 0 heterocycles. The molecule has 0 fully saturated rings. The number of nitro groups is 1. The fourth-order valence-corrected chi connectivity index (χ4v) is 1.54. The number of benzene rings is 1. The standard InChI is InChI=1S/C11H7ClF7NO3/c12-8-2-1-7(20(21)22)3-6(8)4-23-5-9(13,14)10(15,16)11(17,18)19/h1-3H,4-5H2. The maximum atomic E-state index is 13.0.